The largest absolute Gasteiger partial charge is 0.493 e. The summed E-state index contributed by atoms with van der Waals surface area (Å²) in [7, 11) is 3.45. The number of benzene rings is 2. The summed E-state index contributed by atoms with van der Waals surface area (Å²) in [5.74, 6) is 2.38. The van der Waals surface area contributed by atoms with Gasteiger partial charge in [0.05, 0.1) is 25.6 Å². The molecule has 0 amide bonds. The number of aryl methyl sites for hydroxylation is 1. The molecule has 0 saturated carbocycles. The number of aliphatic imine (C=N–C) groups is 1. The predicted molar refractivity (Wildman–Crippen MR) is 145 cm³/mol. The molecule has 1 aromatic heterocycles. The van der Waals surface area contributed by atoms with Crippen LogP contribution in [-0.2, 0) is 12.8 Å². The zero-order valence-electron chi connectivity index (χ0n) is 19.6. The van der Waals surface area contributed by atoms with E-state index < -0.39 is 0 Å². The normalized spacial score (nSPS) is 10.9. The van der Waals surface area contributed by atoms with Crippen LogP contribution in [-0.4, -0.2) is 49.6 Å². The zero-order valence-corrected chi connectivity index (χ0v) is 21.9. The van der Waals surface area contributed by atoms with Crippen LogP contribution in [0.2, 0.25) is 0 Å². The summed E-state index contributed by atoms with van der Waals surface area (Å²) in [6.07, 6.45) is 6.80. The average Bonchev–Trinajstić information content (AvgIpc) is 3.30. The number of nitrogens with one attached hydrogen (secondary N) is 2. The molecule has 33 heavy (non-hydrogen) atoms. The van der Waals surface area contributed by atoms with E-state index in [1.165, 1.54) is 11.1 Å². The number of hydrogen-bond acceptors (Lipinski definition) is 4. The number of hydrogen-bond donors (Lipinski definition) is 2. The molecule has 0 aliphatic heterocycles. The van der Waals surface area contributed by atoms with Gasteiger partial charge in [0.2, 0.25) is 0 Å². The zero-order chi connectivity index (χ0) is 22.6. The molecule has 0 fully saturated rings. The quantitative estimate of drug-likeness (QED) is 0.158. The molecule has 3 rings (SSSR count). The van der Waals surface area contributed by atoms with Crippen molar-refractivity contribution in [3.8, 4) is 17.2 Å². The Labute approximate surface area is 213 Å². The van der Waals surface area contributed by atoms with Gasteiger partial charge >= 0.3 is 0 Å². The third-order valence-electron chi connectivity index (χ3n) is 5.05. The maximum atomic E-state index is 5.66. The summed E-state index contributed by atoms with van der Waals surface area (Å²) in [5, 5.41) is 11.2. The van der Waals surface area contributed by atoms with Gasteiger partial charge in [-0.2, -0.15) is 5.10 Å². The molecule has 2 aromatic carbocycles. The van der Waals surface area contributed by atoms with Crippen LogP contribution in [0.4, 0.5) is 0 Å². The molecule has 0 unspecified atom stereocenters. The summed E-state index contributed by atoms with van der Waals surface area (Å²) in [4.78, 5) is 4.31. The molecule has 1 heterocycles. The van der Waals surface area contributed by atoms with E-state index in [2.05, 4.69) is 39.1 Å². The first kappa shape index (κ1) is 26.5. The van der Waals surface area contributed by atoms with E-state index in [-0.39, 0.29) is 24.0 Å². The van der Waals surface area contributed by atoms with Gasteiger partial charge in [-0.1, -0.05) is 24.3 Å². The van der Waals surface area contributed by atoms with Gasteiger partial charge < -0.3 is 20.1 Å². The SMILES string of the molecule is CCOc1cc(CCCNC(=NC)NCCc2cnn(-c3ccccc3)c2)ccc1OC.I. The van der Waals surface area contributed by atoms with Crippen LogP contribution >= 0.6 is 24.0 Å². The van der Waals surface area contributed by atoms with E-state index in [1.807, 2.05) is 54.2 Å². The van der Waals surface area contributed by atoms with E-state index in [1.54, 1.807) is 14.2 Å². The van der Waals surface area contributed by atoms with Gasteiger partial charge in [0.25, 0.3) is 0 Å². The molecular formula is C25H34IN5O2. The van der Waals surface area contributed by atoms with Crippen molar-refractivity contribution in [1.82, 2.24) is 20.4 Å². The fourth-order valence-corrected chi connectivity index (χ4v) is 3.40. The first-order chi connectivity index (χ1) is 15.7. The summed E-state index contributed by atoms with van der Waals surface area (Å²) >= 11 is 0. The van der Waals surface area contributed by atoms with Crippen molar-refractivity contribution in [3.63, 3.8) is 0 Å². The minimum absolute atomic E-state index is 0. The van der Waals surface area contributed by atoms with Gasteiger partial charge in [-0.3, -0.25) is 4.99 Å². The number of halogens is 1. The van der Waals surface area contributed by atoms with E-state index in [0.717, 1.165) is 55.5 Å². The lowest BCUT2D eigenvalue weighted by atomic mass is 10.1. The Kier molecular flexibility index (Phi) is 11.6. The minimum Gasteiger partial charge on any atom is -0.493 e. The number of ether oxygens (including phenoxy) is 2. The Hall–Kier alpha value is -2.75. The van der Waals surface area contributed by atoms with Crippen LogP contribution in [0.1, 0.15) is 24.5 Å². The van der Waals surface area contributed by atoms with Crippen molar-refractivity contribution in [3.05, 3.63) is 72.1 Å². The maximum absolute atomic E-state index is 5.66. The van der Waals surface area contributed by atoms with Crippen LogP contribution < -0.4 is 20.1 Å². The Morgan fingerprint density at radius 2 is 1.79 bits per heavy atom. The lowest BCUT2D eigenvalue weighted by molar-refractivity contribution is 0.310. The van der Waals surface area contributed by atoms with E-state index in [9.17, 15) is 0 Å². The Balaban J connectivity index is 0.00000385. The minimum atomic E-state index is 0. The number of guanidine groups is 1. The second-order valence-electron chi connectivity index (χ2n) is 7.33. The van der Waals surface area contributed by atoms with Gasteiger partial charge in [0, 0.05) is 26.3 Å². The summed E-state index contributed by atoms with van der Waals surface area (Å²) in [6.45, 7) is 4.22. The molecule has 0 radical (unpaired) electrons. The third-order valence-corrected chi connectivity index (χ3v) is 5.05. The molecule has 0 atom stereocenters. The predicted octanol–water partition coefficient (Wildman–Crippen LogP) is 4.24. The fourth-order valence-electron chi connectivity index (χ4n) is 3.40. The van der Waals surface area contributed by atoms with Crippen molar-refractivity contribution in [2.24, 2.45) is 4.99 Å². The topological polar surface area (TPSA) is 72.7 Å². The fraction of sp³-hybridized carbons (Fsp3) is 0.360. The second-order valence-corrected chi connectivity index (χ2v) is 7.33. The highest BCUT2D eigenvalue weighted by Crippen LogP contribution is 2.28. The van der Waals surface area contributed by atoms with Crippen LogP contribution in [0.5, 0.6) is 11.5 Å². The molecule has 0 saturated heterocycles. The van der Waals surface area contributed by atoms with Gasteiger partial charge in [-0.25, -0.2) is 4.68 Å². The van der Waals surface area contributed by atoms with Crippen molar-refractivity contribution in [1.29, 1.82) is 0 Å². The molecule has 0 bridgehead atoms. The Morgan fingerprint density at radius 3 is 2.52 bits per heavy atom. The van der Waals surface area contributed by atoms with Crippen LogP contribution in [0.25, 0.3) is 5.69 Å². The van der Waals surface area contributed by atoms with E-state index in [0.29, 0.717) is 6.61 Å². The molecule has 0 aliphatic rings. The molecule has 178 valence electrons. The summed E-state index contributed by atoms with van der Waals surface area (Å²) < 4.78 is 12.9. The van der Waals surface area contributed by atoms with Crippen molar-refractivity contribution in [2.45, 2.75) is 26.2 Å². The lowest BCUT2D eigenvalue weighted by Gasteiger charge is -2.13. The first-order valence-corrected chi connectivity index (χ1v) is 11.1. The molecule has 0 aliphatic carbocycles. The van der Waals surface area contributed by atoms with Crippen LogP contribution in [0.15, 0.2) is 65.9 Å². The molecule has 2 N–H and O–H groups in total. The standard InChI is InChI=1S/C25H33N5O2.HI/c1-4-32-24-17-20(12-13-23(24)31-3)9-8-15-27-25(26-2)28-16-14-21-18-29-30(19-21)22-10-6-5-7-11-22;/h5-7,10-13,17-19H,4,8-9,14-16H2,1-3H3,(H2,26,27,28);1H. The first-order valence-electron chi connectivity index (χ1n) is 11.1. The maximum Gasteiger partial charge on any atom is 0.190 e. The lowest BCUT2D eigenvalue weighted by Crippen LogP contribution is -2.38. The Morgan fingerprint density at radius 1 is 1.00 bits per heavy atom. The summed E-state index contributed by atoms with van der Waals surface area (Å²) in [6, 6.07) is 16.2. The van der Waals surface area contributed by atoms with E-state index in [4.69, 9.17) is 9.47 Å². The highest BCUT2D eigenvalue weighted by molar-refractivity contribution is 14.0. The van der Waals surface area contributed by atoms with Gasteiger partial charge in [0.15, 0.2) is 17.5 Å². The third kappa shape index (κ3) is 8.27. The van der Waals surface area contributed by atoms with Gasteiger partial charge in [0.1, 0.15) is 0 Å². The number of methoxy groups -OCH3 is 1. The number of para-hydroxylation sites is 1. The highest BCUT2D eigenvalue weighted by Gasteiger charge is 2.06. The van der Waals surface area contributed by atoms with Crippen LogP contribution in [0.3, 0.4) is 0 Å². The highest BCUT2D eigenvalue weighted by atomic mass is 127. The monoisotopic (exact) mass is 563 g/mol. The van der Waals surface area contributed by atoms with Gasteiger partial charge in [-0.05, 0) is 61.6 Å². The smallest absolute Gasteiger partial charge is 0.190 e. The number of rotatable bonds is 11. The van der Waals surface area contributed by atoms with Crippen LogP contribution in [0, 0.1) is 0 Å². The molecule has 3 aromatic rings. The van der Waals surface area contributed by atoms with Crippen molar-refractivity contribution in [2.75, 3.05) is 33.9 Å². The van der Waals surface area contributed by atoms with Crippen molar-refractivity contribution < 1.29 is 9.47 Å². The molecule has 0 spiro atoms. The van der Waals surface area contributed by atoms with Gasteiger partial charge in [-0.15, -0.1) is 24.0 Å². The van der Waals surface area contributed by atoms with E-state index >= 15 is 0 Å². The molecule has 8 heteroatoms. The average molecular weight is 563 g/mol. The summed E-state index contributed by atoms with van der Waals surface area (Å²) in [5.41, 5.74) is 3.48. The molecular weight excluding hydrogens is 529 g/mol. The number of nitrogens with zero attached hydrogens (tertiary/aromatic N) is 3. The van der Waals surface area contributed by atoms with Crippen molar-refractivity contribution >= 4 is 29.9 Å². The molecule has 7 nitrogen and oxygen atoms in total. The Bertz CT molecular complexity index is 991. The second kappa shape index (κ2) is 14.4. The number of aromatic nitrogens is 2.